The van der Waals surface area contributed by atoms with Gasteiger partial charge in [0.15, 0.2) is 0 Å². The third-order valence-electron chi connectivity index (χ3n) is 0. The zero-order chi connectivity index (χ0) is 0. The van der Waals surface area contributed by atoms with E-state index in [1.165, 1.54) is 0 Å². The minimum Gasteiger partial charge on any atom is 0 e. The first-order valence-corrected chi connectivity index (χ1v) is 0. The van der Waals surface area contributed by atoms with Crippen molar-refractivity contribution >= 4 is 8.41 Å². The molecule has 0 rings (SSSR count). The molecule has 0 N–H and O–H groups in total. The van der Waals surface area contributed by atoms with Crippen molar-refractivity contribution in [2.45, 2.75) is 0 Å². The Hall–Kier alpha value is 3.05. The van der Waals surface area contributed by atoms with Crippen LogP contribution >= 0.6 is 0 Å². The van der Waals surface area contributed by atoms with Crippen LogP contribution in [0.2, 0.25) is 0 Å². The molecule has 0 aliphatic heterocycles. The minimum absolute atomic E-state index is 0. The molecule has 0 saturated carbocycles. The van der Waals surface area contributed by atoms with Crippen LogP contribution in [-0.2, 0) is 53.0 Å². The molecule has 0 aromatic rings. The maximum atomic E-state index is 0. The third-order valence-corrected chi connectivity index (χ3v) is 0. The number of rotatable bonds is 0. The first-order chi connectivity index (χ1) is 0. The summed E-state index contributed by atoms with van der Waals surface area (Å²) in [4.78, 5) is 0. The molecule has 0 amide bonds. The van der Waals surface area contributed by atoms with Gasteiger partial charge in [-0.25, -0.2) is 0 Å². The molecule has 0 aromatic carbocycles. The van der Waals surface area contributed by atoms with E-state index < -0.39 is 0 Å². The van der Waals surface area contributed by atoms with Crippen molar-refractivity contribution in [1.82, 2.24) is 0 Å². The van der Waals surface area contributed by atoms with E-state index in [-0.39, 0.29) is 102 Å². The smallest absolute Gasteiger partial charge is 0 e. The zero-order valence-electron chi connectivity index (χ0n) is 1.88. The summed E-state index contributed by atoms with van der Waals surface area (Å²) in [5, 5.41) is 0. The second kappa shape index (κ2) is 27.7. The van der Waals surface area contributed by atoms with Gasteiger partial charge < -0.3 is 0 Å². The molecule has 0 saturated heterocycles. The van der Waals surface area contributed by atoms with Gasteiger partial charge in [-0.2, -0.15) is 0 Å². The summed E-state index contributed by atoms with van der Waals surface area (Å²) in [5.41, 5.74) is 0. The van der Waals surface area contributed by atoms with Gasteiger partial charge in [0.25, 0.3) is 0 Å². The quantitative estimate of drug-likeness (QED) is 0.488. The second-order valence-electron chi connectivity index (χ2n) is 0. The Morgan fingerprint density at radius 3 is 1.00 bits per heavy atom. The van der Waals surface area contributed by atoms with Crippen LogP contribution in [0.3, 0.4) is 0 Å². The monoisotopic (exact) mass is 334 g/mol. The maximum absolute atomic E-state index is 0. The standard InChI is InChI=1S/BH3.Fe.Nd.Ni.Zn/h1H3;;;;. The molecule has 0 aliphatic carbocycles. The summed E-state index contributed by atoms with van der Waals surface area (Å²) >= 11 is 0. The van der Waals surface area contributed by atoms with Crippen LogP contribution in [0.5, 0.6) is 0 Å². The fourth-order valence-electron chi connectivity index (χ4n) is 0. The van der Waals surface area contributed by atoms with Crippen molar-refractivity contribution < 1.29 is 93.9 Å². The van der Waals surface area contributed by atoms with Crippen molar-refractivity contribution in [3.05, 3.63) is 0 Å². The largest absolute Gasteiger partial charge is 0.0814 e. The second-order valence-corrected chi connectivity index (χ2v) is 0. The van der Waals surface area contributed by atoms with Gasteiger partial charge in [-0.15, -0.1) is 0 Å². The average Bonchev–Trinajstić information content (AvgIpc) is 0. The SMILES string of the molecule is B.[Fe].[Nd].[Ni].[Zn]. The van der Waals surface area contributed by atoms with E-state index in [9.17, 15) is 0 Å². The molecule has 0 aliphatic rings. The van der Waals surface area contributed by atoms with E-state index in [4.69, 9.17) is 0 Å². The summed E-state index contributed by atoms with van der Waals surface area (Å²) in [7, 11) is 0. The summed E-state index contributed by atoms with van der Waals surface area (Å²) in [5.74, 6) is 0. The minimum atomic E-state index is 0. The Kier molecular flexibility index (Phi) is 238. The van der Waals surface area contributed by atoms with Crippen molar-refractivity contribution in [1.29, 1.82) is 0 Å². The van der Waals surface area contributed by atoms with Crippen LogP contribution in [0.15, 0.2) is 0 Å². The van der Waals surface area contributed by atoms with Crippen molar-refractivity contribution in [2.24, 2.45) is 0 Å². The summed E-state index contributed by atoms with van der Waals surface area (Å²) in [6.07, 6.45) is 0. The number of hydrogen-bond acceptors (Lipinski definition) is 0. The first-order valence-electron chi connectivity index (χ1n) is 0. The van der Waals surface area contributed by atoms with E-state index >= 15 is 0 Å². The van der Waals surface area contributed by atoms with E-state index in [0.717, 1.165) is 0 Å². The van der Waals surface area contributed by atoms with E-state index in [1.807, 2.05) is 0 Å². The molecule has 5 heavy (non-hydrogen) atoms. The van der Waals surface area contributed by atoms with Gasteiger partial charge >= 0.3 is 0 Å². The molecule has 0 fully saturated rings. The van der Waals surface area contributed by atoms with Gasteiger partial charge in [0, 0.05) is 93.9 Å². The van der Waals surface area contributed by atoms with E-state index in [1.54, 1.807) is 0 Å². The summed E-state index contributed by atoms with van der Waals surface area (Å²) < 4.78 is 0. The van der Waals surface area contributed by atoms with Crippen LogP contribution in [0.4, 0.5) is 0 Å². The maximum Gasteiger partial charge on any atom is 0.0814 e. The molecule has 0 heterocycles. The number of hydrogen-bond donors (Lipinski definition) is 0. The van der Waals surface area contributed by atoms with E-state index in [2.05, 4.69) is 0 Å². The van der Waals surface area contributed by atoms with Crippen LogP contribution in [0, 0.1) is 40.8 Å². The molecule has 5 heteroatoms. The van der Waals surface area contributed by atoms with Crippen LogP contribution < -0.4 is 0 Å². The molecule has 0 atom stereocenters. The van der Waals surface area contributed by atoms with Crippen LogP contribution in [0.1, 0.15) is 0 Å². The predicted octanol–water partition coefficient (Wildman–Crippen LogP) is -1.19. The van der Waals surface area contributed by atoms with Gasteiger partial charge in [0.05, 0.1) is 8.41 Å². The third kappa shape index (κ3) is 19.3. The van der Waals surface area contributed by atoms with Gasteiger partial charge in [-0.3, -0.25) is 0 Å². The van der Waals surface area contributed by atoms with Crippen molar-refractivity contribution in [2.75, 3.05) is 0 Å². The average molecular weight is 338 g/mol. The summed E-state index contributed by atoms with van der Waals surface area (Å²) in [6, 6.07) is 0. The molecule has 0 aromatic heterocycles. The Morgan fingerprint density at radius 2 is 1.00 bits per heavy atom. The first kappa shape index (κ1) is 43.0. The Bertz CT molecular complexity index is 11.6. The molecule has 0 radical (unpaired) electrons. The molecule has 0 unspecified atom stereocenters. The van der Waals surface area contributed by atoms with E-state index in [0.29, 0.717) is 0 Å². The molecule has 30 valence electrons. The fraction of sp³-hybridized carbons (Fsp3) is 0. The van der Waals surface area contributed by atoms with Crippen LogP contribution in [0.25, 0.3) is 0 Å². The molecule has 0 bridgehead atoms. The summed E-state index contributed by atoms with van der Waals surface area (Å²) in [6.45, 7) is 0. The normalized spacial score (nSPS) is 0. The van der Waals surface area contributed by atoms with Gasteiger partial charge in [0.2, 0.25) is 0 Å². The van der Waals surface area contributed by atoms with Crippen LogP contribution in [-0.4, -0.2) is 8.41 Å². The Morgan fingerprint density at radius 1 is 1.00 bits per heavy atom. The Labute approximate surface area is 100 Å². The Balaban J connectivity index is 0. The fourth-order valence-corrected chi connectivity index (χ4v) is 0. The van der Waals surface area contributed by atoms with Crippen molar-refractivity contribution in [3.63, 3.8) is 0 Å². The molecular formula is H3BFeNdNiZn. The zero-order valence-corrected chi connectivity index (χ0v) is 10.1. The van der Waals surface area contributed by atoms with Gasteiger partial charge in [0.1, 0.15) is 0 Å². The van der Waals surface area contributed by atoms with Gasteiger partial charge in [-0.05, 0) is 0 Å². The topological polar surface area (TPSA) is 0 Å². The van der Waals surface area contributed by atoms with Crippen molar-refractivity contribution in [3.8, 4) is 0 Å². The predicted molar refractivity (Wildman–Crippen MR) is 9.94 cm³/mol. The van der Waals surface area contributed by atoms with Gasteiger partial charge in [-0.1, -0.05) is 0 Å². The molecular weight excluding hydrogens is 335 g/mol. The molecule has 0 spiro atoms. The molecule has 0 nitrogen and oxygen atoms in total.